The van der Waals surface area contributed by atoms with Gasteiger partial charge in [0.2, 0.25) is 10.0 Å². The molecule has 2 aliphatic heterocycles. The van der Waals surface area contributed by atoms with Gasteiger partial charge in [0.05, 0.1) is 11.3 Å². The molecule has 0 saturated carbocycles. The number of halogens is 1. The highest BCUT2D eigenvalue weighted by molar-refractivity contribution is 7.89. The Morgan fingerprint density at radius 1 is 1.14 bits per heavy atom. The number of piperazine rings is 1. The number of hydrogen-bond acceptors (Lipinski definition) is 4. The van der Waals surface area contributed by atoms with Gasteiger partial charge in [0.1, 0.15) is 5.82 Å². The van der Waals surface area contributed by atoms with Crippen LogP contribution in [0.5, 0.6) is 0 Å². The maximum Gasteiger partial charge on any atom is 0.307 e. The van der Waals surface area contributed by atoms with Gasteiger partial charge in [0.15, 0.2) is 0 Å². The maximum atomic E-state index is 13.2. The first kappa shape index (κ1) is 18.9. The van der Waals surface area contributed by atoms with Gasteiger partial charge in [-0.3, -0.25) is 4.79 Å². The molecule has 2 bridgehead atoms. The summed E-state index contributed by atoms with van der Waals surface area (Å²) in [5.74, 6) is -1.29. The lowest BCUT2D eigenvalue weighted by Crippen LogP contribution is -2.48. The molecule has 0 amide bonds. The third kappa shape index (κ3) is 3.27. The second-order valence-corrected chi connectivity index (χ2v) is 9.30. The van der Waals surface area contributed by atoms with Gasteiger partial charge in [-0.05, 0) is 60.9 Å². The number of hydrogen-bond donors (Lipinski definition) is 1. The molecule has 0 radical (unpaired) electrons. The van der Waals surface area contributed by atoms with Crippen LogP contribution in [0.4, 0.5) is 10.1 Å². The zero-order valence-corrected chi connectivity index (χ0v) is 16.2. The van der Waals surface area contributed by atoms with Crippen molar-refractivity contribution in [1.29, 1.82) is 0 Å². The first-order chi connectivity index (χ1) is 13.3. The van der Waals surface area contributed by atoms with E-state index in [9.17, 15) is 17.6 Å². The summed E-state index contributed by atoms with van der Waals surface area (Å²) < 4.78 is 41.0. The van der Waals surface area contributed by atoms with Crippen LogP contribution < -0.4 is 4.90 Å². The molecule has 2 unspecified atom stereocenters. The van der Waals surface area contributed by atoms with E-state index in [1.165, 1.54) is 22.5 Å². The summed E-state index contributed by atoms with van der Waals surface area (Å²) in [6.45, 7) is 2.70. The van der Waals surface area contributed by atoms with Crippen LogP contribution in [0.1, 0.15) is 17.5 Å². The Kier molecular flexibility index (Phi) is 4.63. The Bertz CT molecular complexity index is 1020. The molecule has 4 rings (SSSR count). The first-order valence-electron chi connectivity index (χ1n) is 9.11. The summed E-state index contributed by atoms with van der Waals surface area (Å²) in [6, 6.07) is 10.8. The van der Waals surface area contributed by atoms with Crippen LogP contribution in [0.2, 0.25) is 0 Å². The molecule has 2 saturated heterocycles. The predicted molar refractivity (Wildman–Crippen MR) is 102 cm³/mol. The van der Waals surface area contributed by atoms with E-state index in [0.717, 1.165) is 17.7 Å². The molecule has 0 spiro atoms. The smallest absolute Gasteiger partial charge is 0.307 e. The number of fused-ring (bicyclic) bond motifs is 2. The van der Waals surface area contributed by atoms with E-state index >= 15 is 0 Å². The monoisotopic (exact) mass is 404 g/mol. The molecule has 1 N–H and O–H groups in total. The van der Waals surface area contributed by atoms with Crippen molar-refractivity contribution >= 4 is 21.7 Å². The maximum absolute atomic E-state index is 13.2. The second kappa shape index (κ2) is 6.86. The SMILES string of the molecule is Cc1ccc(S(=O)(=O)N2CC3CC2CN3c2ccc(F)cc2)cc1CC(=O)O. The van der Waals surface area contributed by atoms with E-state index in [1.807, 2.05) is 0 Å². The molecular weight excluding hydrogens is 383 g/mol. The average molecular weight is 404 g/mol. The third-order valence-corrected chi connectivity index (χ3v) is 7.53. The topological polar surface area (TPSA) is 77.9 Å². The zero-order chi connectivity index (χ0) is 20.1. The molecule has 6 nitrogen and oxygen atoms in total. The van der Waals surface area contributed by atoms with Crippen LogP contribution in [0.25, 0.3) is 0 Å². The molecule has 28 heavy (non-hydrogen) atoms. The Hall–Kier alpha value is -2.45. The van der Waals surface area contributed by atoms with Gasteiger partial charge >= 0.3 is 5.97 Å². The fraction of sp³-hybridized carbons (Fsp3) is 0.350. The molecule has 2 aromatic carbocycles. The van der Waals surface area contributed by atoms with Crippen LogP contribution in [-0.2, 0) is 21.2 Å². The fourth-order valence-electron chi connectivity index (χ4n) is 4.17. The highest BCUT2D eigenvalue weighted by Gasteiger charge is 2.48. The lowest BCUT2D eigenvalue weighted by atomic mass is 10.1. The molecule has 2 aliphatic rings. The molecule has 148 valence electrons. The number of aryl methyl sites for hydroxylation is 1. The minimum Gasteiger partial charge on any atom is -0.481 e. The standard InChI is InChI=1S/C20H21FN2O4S/c1-13-2-7-19(8-14(13)9-20(24)25)28(26,27)23-12-17-10-18(23)11-22(17)16-5-3-15(21)4-6-16/h2-8,17-18H,9-12H2,1H3,(H,24,25). The van der Waals surface area contributed by atoms with Gasteiger partial charge in [-0.25, -0.2) is 12.8 Å². The van der Waals surface area contributed by atoms with Gasteiger partial charge in [0.25, 0.3) is 0 Å². The van der Waals surface area contributed by atoms with Crippen LogP contribution in [0.15, 0.2) is 47.4 Å². The van der Waals surface area contributed by atoms with Gasteiger partial charge in [0, 0.05) is 30.9 Å². The van der Waals surface area contributed by atoms with E-state index in [0.29, 0.717) is 18.7 Å². The number of sulfonamides is 1. The molecule has 8 heteroatoms. The number of carboxylic acids is 1. The second-order valence-electron chi connectivity index (χ2n) is 7.41. The summed E-state index contributed by atoms with van der Waals surface area (Å²) in [5.41, 5.74) is 2.16. The molecule has 0 aromatic heterocycles. The fourth-order valence-corrected chi connectivity index (χ4v) is 5.89. The molecule has 2 aromatic rings. The van der Waals surface area contributed by atoms with Crippen LogP contribution in [-0.4, -0.2) is 49.0 Å². The minimum absolute atomic E-state index is 0.0502. The van der Waals surface area contributed by atoms with Crippen molar-refractivity contribution in [3.8, 4) is 0 Å². The van der Waals surface area contributed by atoms with Crippen molar-refractivity contribution in [1.82, 2.24) is 4.31 Å². The average Bonchev–Trinajstić information content (AvgIpc) is 3.25. The molecule has 2 heterocycles. The summed E-state index contributed by atoms with van der Waals surface area (Å²) in [6.07, 6.45) is 0.518. The lowest BCUT2D eigenvalue weighted by molar-refractivity contribution is -0.136. The number of carbonyl (C=O) groups is 1. The highest BCUT2D eigenvalue weighted by Crippen LogP contribution is 2.38. The van der Waals surface area contributed by atoms with E-state index < -0.39 is 16.0 Å². The number of aliphatic carboxylic acids is 1. The Labute approximate surface area is 163 Å². The normalized spacial score (nSPS) is 22.0. The number of benzene rings is 2. The number of nitrogens with zero attached hydrogens (tertiary/aromatic N) is 2. The quantitative estimate of drug-likeness (QED) is 0.828. The van der Waals surface area contributed by atoms with Crippen molar-refractivity contribution in [2.45, 2.75) is 36.7 Å². The van der Waals surface area contributed by atoms with E-state index in [2.05, 4.69) is 4.90 Å². The van der Waals surface area contributed by atoms with Crippen molar-refractivity contribution in [2.24, 2.45) is 0 Å². The van der Waals surface area contributed by atoms with Gasteiger partial charge < -0.3 is 10.0 Å². The summed E-state index contributed by atoms with van der Waals surface area (Å²) in [4.78, 5) is 13.3. The van der Waals surface area contributed by atoms with Crippen molar-refractivity contribution < 1.29 is 22.7 Å². The van der Waals surface area contributed by atoms with E-state index in [4.69, 9.17) is 5.11 Å². The van der Waals surface area contributed by atoms with Crippen molar-refractivity contribution in [3.05, 3.63) is 59.4 Å². The Morgan fingerprint density at radius 3 is 2.46 bits per heavy atom. The van der Waals surface area contributed by atoms with Crippen molar-refractivity contribution in [3.63, 3.8) is 0 Å². The number of anilines is 1. The predicted octanol–water partition coefficient (Wildman–Crippen LogP) is 2.41. The minimum atomic E-state index is -3.70. The van der Waals surface area contributed by atoms with Gasteiger partial charge in [-0.15, -0.1) is 0 Å². The molecule has 2 fully saturated rings. The van der Waals surface area contributed by atoms with Crippen LogP contribution in [0, 0.1) is 12.7 Å². The van der Waals surface area contributed by atoms with E-state index in [-0.39, 0.29) is 29.2 Å². The largest absolute Gasteiger partial charge is 0.481 e. The third-order valence-electron chi connectivity index (χ3n) is 5.62. The zero-order valence-electron chi connectivity index (χ0n) is 15.4. The summed E-state index contributed by atoms with van der Waals surface area (Å²) in [7, 11) is -3.70. The van der Waals surface area contributed by atoms with Crippen molar-refractivity contribution in [2.75, 3.05) is 18.0 Å². The molecular formula is C20H21FN2O4S. The van der Waals surface area contributed by atoms with Gasteiger partial charge in [-0.1, -0.05) is 6.07 Å². The highest BCUT2D eigenvalue weighted by atomic mass is 32.2. The molecule has 0 aliphatic carbocycles. The van der Waals surface area contributed by atoms with E-state index in [1.54, 1.807) is 31.2 Å². The van der Waals surface area contributed by atoms with Crippen LogP contribution >= 0.6 is 0 Å². The van der Waals surface area contributed by atoms with Crippen LogP contribution in [0.3, 0.4) is 0 Å². The Morgan fingerprint density at radius 2 is 1.86 bits per heavy atom. The first-order valence-corrected chi connectivity index (χ1v) is 10.5. The Balaban J connectivity index is 1.56. The lowest BCUT2D eigenvalue weighted by Gasteiger charge is -2.35. The van der Waals surface area contributed by atoms with Gasteiger partial charge in [-0.2, -0.15) is 4.31 Å². The summed E-state index contributed by atoms with van der Waals surface area (Å²) in [5, 5.41) is 9.05. The number of rotatable bonds is 5. The molecule has 2 atom stereocenters. The summed E-state index contributed by atoms with van der Waals surface area (Å²) >= 11 is 0. The number of carboxylic acid groups (broad SMARTS) is 1.